The highest BCUT2D eigenvalue weighted by atomic mass is 32.1. The van der Waals surface area contributed by atoms with Crippen molar-refractivity contribution in [3.05, 3.63) is 83.6 Å². The van der Waals surface area contributed by atoms with Gasteiger partial charge < -0.3 is 5.32 Å². The average Bonchev–Trinajstić information content (AvgIpc) is 3.50. The standard InChI is InChI=1S/C22H18N6OS/c1-27-21-16(12-24-27)18(9-10-23-21)25-22(29)17-14-28(13-15-6-3-2-4-7-15)26-20(17)19-8-5-11-30-19/h2-12,14H,13H2,1H3,(H,23,25,29). The highest BCUT2D eigenvalue weighted by Crippen LogP contribution is 2.28. The summed E-state index contributed by atoms with van der Waals surface area (Å²) in [6.45, 7) is 0.592. The fourth-order valence-electron chi connectivity index (χ4n) is 3.38. The van der Waals surface area contributed by atoms with Gasteiger partial charge in [-0.3, -0.25) is 14.2 Å². The minimum Gasteiger partial charge on any atom is -0.321 e. The number of hydrogen-bond donors (Lipinski definition) is 1. The molecule has 0 spiro atoms. The van der Waals surface area contributed by atoms with Gasteiger partial charge in [-0.2, -0.15) is 10.2 Å². The van der Waals surface area contributed by atoms with Crippen molar-refractivity contribution in [1.29, 1.82) is 0 Å². The summed E-state index contributed by atoms with van der Waals surface area (Å²) in [5.41, 5.74) is 3.71. The van der Waals surface area contributed by atoms with E-state index in [1.54, 1.807) is 40.7 Å². The maximum atomic E-state index is 13.2. The summed E-state index contributed by atoms with van der Waals surface area (Å²) in [7, 11) is 1.82. The molecule has 1 amide bonds. The monoisotopic (exact) mass is 414 g/mol. The molecule has 5 rings (SSSR count). The molecule has 0 aliphatic rings. The van der Waals surface area contributed by atoms with Crippen molar-refractivity contribution in [2.24, 2.45) is 7.05 Å². The van der Waals surface area contributed by atoms with Gasteiger partial charge in [0.15, 0.2) is 5.65 Å². The predicted octanol–water partition coefficient (Wildman–Crippen LogP) is 4.19. The molecule has 0 unspecified atom stereocenters. The first-order valence-electron chi connectivity index (χ1n) is 9.42. The number of carbonyl (C=O) groups excluding carboxylic acids is 1. The number of nitrogens with one attached hydrogen (secondary N) is 1. The quantitative estimate of drug-likeness (QED) is 0.468. The van der Waals surface area contributed by atoms with Crippen molar-refractivity contribution in [2.45, 2.75) is 6.54 Å². The number of hydrogen-bond acceptors (Lipinski definition) is 5. The number of thiophene rings is 1. The lowest BCUT2D eigenvalue weighted by molar-refractivity contribution is 0.102. The van der Waals surface area contributed by atoms with E-state index >= 15 is 0 Å². The summed E-state index contributed by atoms with van der Waals surface area (Å²) in [5.74, 6) is -0.214. The number of amides is 1. The first-order chi connectivity index (χ1) is 14.7. The third kappa shape index (κ3) is 3.37. The lowest BCUT2D eigenvalue weighted by Gasteiger charge is -2.06. The van der Waals surface area contributed by atoms with E-state index in [2.05, 4.69) is 15.4 Å². The molecule has 0 radical (unpaired) electrons. The minimum atomic E-state index is -0.214. The van der Waals surface area contributed by atoms with E-state index in [-0.39, 0.29) is 5.91 Å². The van der Waals surface area contributed by atoms with Gasteiger partial charge in [-0.15, -0.1) is 11.3 Å². The number of aryl methyl sites for hydroxylation is 1. The topological polar surface area (TPSA) is 77.6 Å². The number of anilines is 1. The van der Waals surface area contributed by atoms with Crippen LogP contribution in [0.1, 0.15) is 15.9 Å². The Morgan fingerprint density at radius 3 is 2.80 bits per heavy atom. The van der Waals surface area contributed by atoms with Gasteiger partial charge in [0.05, 0.1) is 34.3 Å². The first-order valence-corrected chi connectivity index (χ1v) is 10.3. The number of rotatable bonds is 5. The van der Waals surface area contributed by atoms with Crippen molar-refractivity contribution in [1.82, 2.24) is 24.5 Å². The van der Waals surface area contributed by atoms with Gasteiger partial charge in [-0.1, -0.05) is 36.4 Å². The van der Waals surface area contributed by atoms with E-state index in [1.165, 1.54) is 0 Å². The summed E-state index contributed by atoms with van der Waals surface area (Å²) < 4.78 is 3.49. The average molecular weight is 414 g/mol. The predicted molar refractivity (Wildman–Crippen MR) is 118 cm³/mol. The molecule has 4 heterocycles. The Kier molecular flexibility index (Phi) is 4.61. The molecule has 0 saturated carbocycles. The van der Waals surface area contributed by atoms with Crippen LogP contribution in [0, 0.1) is 0 Å². The van der Waals surface area contributed by atoms with Crippen LogP contribution in [-0.4, -0.2) is 30.5 Å². The fraction of sp³-hybridized carbons (Fsp3) is 0.0909. The third-order valence-corrected chi connectivity index (χ3v) is 5.71. The third-order valence-electron chi connectivity index (χ3n) is 4.83. The molecular formula is C22H18N6OS. The summed E-state index contributed by atoms with van der Waals surface area (Å²) in [6.07, 6.45) is 5.18. The van der Waals surface area contributed by atoms with Crippen molar-refractivity contribution in [3.8, 4) is 10.6 Å². The molecule has 0 saturated heterocycles. The zero-order valence-corrected chi connectivity index (χ0v) is 17.0. The van der Waals surface area contributed by atoms with Crippen molar-refractivity contribution in [2.75, 3.05) is 5.32 Å². The Bertz CT molecular complexity index is 1320. The van der Waals surface area contributed by atoms with Crippen LogP contribution >= 0.6 is 11.3 Å². The molecular weight excluding hydrogens is 396 g/mol. The number of aromatic nitrogens is 5. The second-order valence-electron chi connectivity index (χ2n) is 6.87. The van der Waals surface area contributed by atoms with Crippen LogP contribution in [-0.2, 0) is 13.6 Å². The highest BCUT2D eigenvalue weighted by molar-refractivity contribution is 7.13. The van der Waals surface area contributed by atoms with E-state index in [4.69, 9.17) is 5.10 Å². The Labute approximate surface area is 176 Å². The number of nitrogens with zero attached hydrogens (tertiary/aromatic N) is 5. The molecule has 0 aliphatic heterocycles. The first kappa shape index (κ1) is 18.3. The largest absolute Gasteiger partial charge is 0.321 e. The molecule has 0 atom stereocenters. The maximum absolute atomic E-state index is 13.2. The van der Waals surface area contributed by atoms with Gasteiger partial charge >= 0.3 is 0 Å². The van der Waals surface area contributed by atoms with Gasteiger partial charge in [-0.25, -0.2) is 4.98 Å². The van der Waals surface area contributed by atoms with E-state index in [0.29, 0.717) is 29.1 Å². The Balaban J connectivity index is 1.51. The molecule has 30 heavy (non-hydrogen) atoms. The summed E-state index contributed by atoms with van der Waals surface area (Å²) in [4.78, 5) is 18.5. The molecule has 4 aromatic heterocycles. The van der Waals surface area contributed by atoms with Gasteiger partial charge in [0.2, 0.25) is 0 Å². The minimum absolute atomic E-state index is 0.214. The molecule has 0 aliphatic carbocycles. The van der Waals surface area contributed by atoms with Gasteiger partial charge in [0.1, 0.15) is 5.69 Å². The van der Waals surface area contributed by atoms with Gasteiger partial charge in [0, 0.05) is 19.4 Å². The van der Waals surface area contributed by atoms with Crippen molar-refractivity contribution in [3.63, 3.8) is 0 Å². The Hall–Kier alpha value is -3.78. The van der Waals surface area contributed by atoms with Crippen LogP contribution in [0.4, 0.5) is 5.69 Å². The van der Waals surface area contributed by atoms with Crippen LogP contribution in [0.5, 0.6) is 0 Å². The number of fused-ring (bicyclic) bond motifs is 1. The lowest BCUT2D eigenvalue weighted by atomic mass is 10.2. The van der Waals surface area contributed by atoms with Gasteiger partial charge in [-0.05, 0) is 23.1 Å². The molecule has 1 aromatic carbocycles. The maximum Gasteiger partial charge on any atom is 0.259 e. The van der Waals surface area contributed by atoms with E-state index < -0.39 is 0 Å². The Morgan fingerprint density at radius 2 is 2.00 bits per heavy atom. The van der Waals surface area contributed by atoms with Gasteiger partial charge in [0.25, 0.3) is 5.91 Å². The van der Waals surface area contributed by atoms with Crippen LogP contribution < -0.4 is 5.32 Å². The Morgan fingerprint density at radius 1 is 1.13 bits per heavy atom. The van der Waals surface area contributed by atoms with Crippen LogP contribution in [0.3, 0.4) is 0 Å². The summed E-state index contributed by atoms with van der Waals surface area (Å²) in [5, 5.41) is 14.7. The zero-order chi connectivity index (χ0) is 20.5. The van der Waals surface area contributed by atoms with Crippen molar-refractivity contribution >= 4 is 34.0 Å². The number of pyridine rings is 1. The second kappa shape index (κ2) is 7.57. The summed E-state index contributed by atoms with van der Waals surface area (Å²) >= 11 is 1.56. The number of benzene rings is 1. The molecule has 5 aromatic rings. The molecule has 1 N–H and O–H groups in total. The molecule has 148 valence electrons. The normalized spacial score (nSPS) is 11.1. The molecule has 0 fully saturated rings. The SMILES string of the molecule is Cn1ncc2c(NC(=O)c3cn(Cc4ccccc4)nc3-c3cccs3)ccnc21. The smallest absolute Gasteiger partial charge is 0.259 e. The highest BCUT2D eigenvalue weighted by Gasteiger charge is 2.20. The molecule has 7 nitrogen and oxygen atoms in total. The molecule has 8 heteroatoms. The van der Waals surface area contributed by atoms with E-state index in [9.17, 15) is 4.79 Å². The van der Waals surface area contributed by atoms with Crippen LogP contribution in [0.2, 0.25) is 0 Å². The lowest BCUT2D eigenvalue weighted by Crippen LogP contribution is -2.12. The summed E-state index contributed by atoms with van der Waals surface area (Å²) in [6, 6.07) is 15.8. The van der Waals surface area contributed by atoms with Crippen LogP contribution in [0.25, 0.3) is 21.6 Å². The fourth-order valence-corrected chi connectivity index (χ4v) is 4.10. The van der Waals surface area contributed by atoms with E-state index in [0.717, 1.165) is 15.8 Å². The molecule has 0 bridgehead atoms. The van der Waals surface area contributed by atoms with E-state index in [1.807, 2.05) is 59.6 Å². The van der Waals surface area contributed by atoms with Crippen LogP contribution in [0.15, 0.2) is 72.5 Å². The van der Waals surface area contributed by atoms with Crippen molar-refractivity contribution < 1.29 is 4.79 Å². The number of carbonyl (C=O) groups is 1. The zero-order valence-electron chi connectivity index (χ0n) is 16.2. The second-order valence-corrected chi connectivity index (χ2v) is 7.82.